The molecule has 1 N–H and O–H groups in total. The third-order valence-electron chi connectivity index (χ3n) is 3.19. The molecule has 1 aromatic rings. The Balaban J connectivity index is 2.81. The monoisotopic (exact) mass is 234 g/mol. The first kappa shape index (κ1) is 13.9. The van der Waals surface area contributed by atoms with Gasteiger partial charge in [0.15, 0.2) is 0 Å². The maximum Gasteiger partial charge on any atom is 0.0411 e. The molecule has 1 aromatic carbocycles. The SMILES string of the molecule is CCCC(CC)Nc1ccc(C)c(N(C)C)c1. The van der Waals surface area contributed by atoms with Crippen LogP contribution in [0.3, 0.4) is 0 Å². The Morgan fingerprint density at radius 2 is 1.94 bits per heavy atom. The van der Waals surface area contributed by atoms with Gasteiger partial charge in [0.25, 0.3) is 0 Å². The van der Waals surface area contributed by atoms with Crippen LogP contribution in [0, 0.1) is 6.92 Å². The fourth-order valence-corrected chi connectivity index (χ4v) is 2.14. The van der Waals surface area contributed by atoms with E-state index in [9.17, 15) is 0 Å². The first-order valence-electron chi connectivity index (χ1n) is 6.63. The lowest BCUT2D eigenvalue weighted by atomic mass is 10.1. The van der Waals surface area contributed by atoms with E-state index in [0.717, 1.165) is 0 Å². The van der Waals surface area contributed by atoms with E-state index in [2.05, 4.69) is 63.3 Å². The molecular formula is C15H26N2. The summed E-state index contributed by atoms with van der Waals surface area (Å²) in [5.41, 5.74) is 3.85. The smallest absolute Gasteiger partial charge is 0.0411 e. The Labute approximate surface area is 106 Å². The van der Waals surface area contributed by atoms with Crippen LogP contribution in [0.2, 0.25) is 0 Å². The molecule has 1 rings (SSSR count). The number of rotatable bonds is 6. The molecule has 1 unspecified atom stereocenters. The number of aryl methyl sites for hydroxylation is 1. The highest BCUT2D eigenvalue weighted by Gasteiger charge is 2.07. The van der Waals surface area contributed by atoms with Gasteiger partial charge in [-0.1, -0.05) is 26.3 Å². The minimum Gasteiger partial charge on any atom is -0.382 e. The zero-order valence-corrected chi connectivity index (χ0v) is 11.9. The van der Waals surface area contributed by atoms with Crippen LogP contribution in [0.25, 0.3) is 0 Å². The molecule has 1 atom stereocenters. The Morgan fingerprint density at radius 1 is 1.24 bits per heavy atom. The van der Waals surface area contributed by atoms with Gasteiger partial charge in [-0.05, 0) is 37.5 Å². The predicted octanol–water partition coefficient (Wildman–Crippen LogP) is 4.05. The maximum atomic E-state index is 3.63. The fourth-order valence-electron chi connectivity index (χ4n) is 2.14. The Hall–Kier alpha value is -1.18. The molecule has 0 saturated carbocycles. The van der Waals surface area contributed by atoms with Crippen LogP contribution in [0.5, 0.6) is 0 Å². The van der Waals surface area contributed by atoms with Crippen LogP contribution < -0.4 is 10.2 Å². The third kappa shape index (κ3) is 3.95. The van der Waals surface area contributed by atoms with Gasteiger partial charge < -0.3 is 10.2 Å². The summed E-state index contributed by atoms with van der Waals surface area (Å²) in [6.07, 6.45) is 3.65. The largest absolute Gasteiger partial charge is 0.382 e. The molecule has 0 fully saturated rings. The number of hydrogen-bond acceptors (Lipinski definition) is 2. The Morgan fingerprint density at radius 3 is 2.47 bits per heavy atom. The van der Waals surface area contributed by atoms with Crippen LogP contribution in [-0.2, 0) is 0 Å². The van der Waals surface area contributed by atoms with E-state index in [1.807, 2.05) is 0 Å². The van der Waals surface area contributed by atoms with E-state index in [-0.39, 0.29) is 0 Å². The lowest BCUT2D eigenvalue weighted by molar-refractivity contribution is 0.623. The first-order chi connectivity index (χ1) is 8.08. The van der Waals surface area contributed by atoms with E-state index >= 15 is 0 Å². The summed E-state index contributed by atoms with van der Waals surface area (Å²) in [4.78, 5) is 2.17. The van der Waals surface area contributed by atoms with Gasteiger partial charge in [-0.2, -0.15) is 0 Å². The average molecular weight is 234 g/mol. The molecule has 17 heavy (non-hydrogen) atoms. The molecule has 0 amide bonds. The number of nitrogens with zero attached hydrogens (tertiary/aromatic N) is 1. The molecule has 0 aliphatic rings. The van der Waals surface area contributed by atoms with Crippen molar-refractivity contribution in [3.8, 4) is 0 Å². The van der Waals surface area contributed by atoms with Crippen LogP contribution >= 0.6 is 0 Å². The highest BCUT2D eigenvalue weighted by atomic mass is 15.1. The standard InChI is InChI=1S/C15H26N2/c1-6-8-13(7-2)16-14-10-9-12(3)15(11-14)17(4)5/h9-11,13,16H,6-8H2,1-5H3. The van der Waals surface area contributed by atoms with Crippen molar-refractivity contribution in [1.82, 2.24) is 0 Å². The fraction of sp³-hybridized carbons (Fsp3) is 0.600. The molecule has 0 aliphatic carbocycles. The van der Waals surface area contributed by atoms with E-state index in [0.29, 0.717) is 6.04 Å². The predicted molar refractivity (Wildman–Crippen MR) is 78.1 cm³/mol. The van der Waals surface area contributed by atoms with Gasteiger partial charge in [-0.15, -0.1) is 0 Å². The van der Waals surface area contributed by atoms with E-state index in [4.69, 9.17) is 0 Å². The maximum absolute atomic E-state index is 3.63. The van der Waals surface area contributed by atoms with Crippen LogP contribution in [-0.4, -0.2) is 20.1 Å². The van der Waals surface area contributed by atoms with Crippen molar-refractivity contribution in [2.24, 2.45) is 0 Å². The minimum atomic E-state index is 0.595. The topological polar surface area (TPSA) is 15.3 Å². The quantitative estimate of drug-likeness (QED) is 0.798. The summed E-state index contributed by atoms with van der Waals surface area (Å²) in [5, 5.41) is 3.63. The van der Waals surface area contributed by atoms with Crippen molar-refractivity contribution in [2.75, 3.05) is 24.3 Å². The van der Waals surface area contributed by atoms with Gasteiger partial charge >= 0.3 is 0 Å². The molecule has 0 radical (unpaired) electrons. The summed E-state index contributed by atoms with van der Waals surface area (Å²) in [6, 6.07) is 7.21. The van der Waals surface area contributed by atoms with Crippen molar-refractivity contribution in [3.05, 3.63) is 23.8 Å². The Bertz CT molecular complexity index is 345. The summed E-state index contributed by atoms with van der Waals surface area (Å²) in [7, 11) is 4.19. The highest BCUT2D eigenvalue weighted by molar-refractivity contribution is 5.62. The van der Waals surface area contributed by atoms with Gasteiger partial charge in [0.1, 0.15) is 0 Å². The van der Waals surface area contributed by atoms with Gasteiger partial charge in [-0.25, -0.2) is 0 Å². The second-order valence-corrected chi connectivity index (χ2v) is 4.93. The molecule has 0 spiro atoms. The molecule has 0 saturated heterocycles. The number of hydrogen-bond donors (Lipinski definition) is 1. The first-order valence-corrected chi connectivity index (χ1v) is 6.63. The number of nitrogens with one attached hydrogen (secondary N) is 1. The summed E-state index contributed by atoms with van der Waals surface area (Å²) in [5.74, 6) is 0. The lowest BCUT2D eigenvalue weighted by Gasteiger charge is -2.21. The molecule has 2 heteroatoms. The summed E-state index contributed by atoms with van der Waals surface area (Å²) < 4.78 is 0. The van der Waals surface area contributed by atoms with Gasteiger partial charge in [0, 0.05) is 31.5 Å². The van der Waals surface area contributed by atoms with E-state index in [1.54, 1.807) is 0 Å². The van der Waals surface area contributed by atoms with Crippen molar-refractivity contribution >= 4 is 11.4 Å². The van der Waals surface area contributed by atoms with Crippen molar-refractivity contribution < 1.29 is 0 Å². The third-order valence-corrected chi connectivity index (χ3v) is 3.19. The Kier molecular flexibility index (Phi) is 5.33. The second-order valence-electron chi connectivity index (χ2n) is 4.93. The van der Waals surface area contributed by atoms with E-state index < -0.39 is 0 Å². The van der Waals surface area contributed by atoms with Crippen LogP contribution in [0.15, 0.2) is 18.2 Å². The molecule has 0 aromatic heterocycles. The average Bonchev–Trinajstić information content (AvgIpc) is 2.30. The van der Waals surface area contributed by atoms with E-state index in [1.165, 1.54) is 36.2 Å². The molecule has 96 valence electrons. The van der Waals surface area contributed by atoms with Crippen molar-refractivity contribution in [3.63, 3.8) is 0 Å². The van der Waals surface area contributed by atoms with Gasteiger partial charge in [-0.3, -0.25) is 0 Å². The highest BCUT2D eigenvalue weighted by Crippen LogP contribution is 2.23. The summed E-state index contributed by atoms with van der Waals surface area (Å²) >= 11 is 0. The van der Waals surface area contributed by atoms with Gasteiger partial charge in [0.05, 0.1) is 0 Å². The van der Waals surface area contributed by atoms with Crippen LogP contribution in [0.4, 0.5) is 11.4 Å². The normalized spacial score (nSPS) is 12.3. The zero-order valence-electron chi connectivity index (χ0n) is 11.9. The summed E-state index contributed by atoms with van der Waals surface area (Å²) in [6.45, 7) is 6.64. The lowest BCUT2D eigenvalue weighted by Crippen LogP contribution is -2.18. The van der Waals surface area contributed by atoms with Crippen LogP contribution in [0.1, 0.15) is 38.7 Å². The molecule has 2 nitrogen and oxygen atoms in total. The van der Waals surface area contributed by atoms with Crippen molar-refractivity contribution in [2.45, 2.75) is 46.1 Å². The molecular weight excluding hydrogens is 208 g/mol. The number of benzene rings is 1. The second kappa shape index (κ2) is 6.53. The molecule has 0 heterocycles. The minimum absolute atomic E-state index is 0.595. The molecule has 0 bridgehead atoms. The molecule has 0 aliphatic heterocycles. The number of anilines is 2. The zero-order chi connectivity index (χ0) is 12.8. The van der Waals surface area contributed by atoms with Crippen molar-refractivity contribution in [1.29, 1.82) is 0 Å². The van der Waals surface area contributed by atoms with Gasteiger partial charge in [0.2, 0.25) is 0 Å².